The topological polar surface area (TPSA) is 64.0 Å². The van der Waals surface area contributed by atoms with Crippen LogP contribution in [0.5, 0.6) is 0 Å². The number of hydrogen-bond acceptors (Lipinski definition) is 4. The number of nitrogens with one attached hydrogen (secondary N) is 1. The molecule has 0 fully saturated rings. The predicted molar refractivity (Wildman–Crippen MR) is 104 cm³/mol. The summed E-state index contributed by atoms with van der Waals surface area (Å²) in [6, 6.07) is 17.3. The summed E-state index contributed by atoms with van der Waals surface area (Å²) in [6.07, 6.45) is 1.78. The lowest BCUT2D eigenvalue weighted by Crippen LogP contribution is -2.27. The quantitative estimate of drug-likeness (QED) is 0.665. The molecule has 134 valence electrons. The number of carbonyl (C=O) groups is 1. The van der Waals surface area contributed by atoms with Crippen molar-refractivity contribution in [3.63, 3.8) is 0 Å². The maximum atomic E-state index is 11.9. The smallest absolute Gasteiger partial charge is 0.266 e. The molecular formula is C20H21N3O2S. The van der Waals surface area contributed by atoms with Gasteiger partial charge in [-0.05, 0) is 35.9 Å². The standard InChI is InChI=1S/C20H21N3O2S/c24-19(21-13-12-16-6-2-1-3-7-16)9-4-14-23-20(25)11-10-17(22-23)18-8-5-15-26-18/h1-3,5-8,10-11,15H,4,9,12-14H2,(H,21,24). The molecule has 3 rings (SSSR count). The van der Waals surface area contributed by atoms with E-state index in [-0.39, 0.29) is 11.5 Å². The normalized spacial score (nSPS) is 10.6. The van der Waals surface area contributed by atoms with E-state index in [0.29, 0.717) is 25.9 Å². The lowest BCUT2D eigenvalue weighted by Gasteiger charge is -2.07. The van der Waals surface area contributed by atoms with Crippen LogP contribution in [0.2, 0.25) is 0 Å². The minimum absolute atomic E-state index is 0.00314. The minimum Gasteiger partial charge on any atom is -0.356 e. The first-order chi connectivity index (χ1) is 12.7. The van der Waals surface area contributed by atoms with Gasteiger partial charge in [0, 0.05) is 25.6 Å². The summed E-state index contributed by atoms with van der Waals surface area (Å²) in [7, 11) is 0. The van der Waals surface area contributed by atoms with Gasteiger partial charge in [-0.1, -0.05) is 36.4 Å². The van der Waals surface area contributed by atoms with Crippen molar-refractivity contribution in [2.75, 3.05) is 6.54 Å². The zero-order chi connectivity index (χ0) is 18.2. The lowest BCUT2D eigenvalue weighted by atomic mass is 10.1. The molecule has 6 heteroatoms. The van der Waals surface area contributed by atoms with Crippen molar-refractivity contribution >= 4 is 17.2 Å². The third kappa shape index (κ3) is 5.13. The third-order valence-corrected chi connectivity index (χ3v) is 4.89. The van der Waals surface area contributed by atoms with Gasteiger partial charge in [-0.2, -0.15) is 5.10 Å². The van der Waals surface area contributed by atoms with E-state index in [1.807, 2.05) is 47.8 Å². The maximum Gasteiger partial charge on any atom is 0.266 e. The molecule has 0 aliphatic heterocycles. The molecule has 0 aliphatic rings. The molecule has 0 unspecified atom stereocenters. The zero-order valence-corrected chi connectivity index (χ0v) is 15.2. The largest absolute Gasteiger partial charge is 0.356 e. The summed E-state index contributed by atoms with van der Waals surface area (Å²) in [5.74, 6) is 0.00314. The molecule has 1 aromatic carbocycles. The number of hydrogen-bond donors (Lipinski definition) is 1. The van der Waals surface area contributed by atoms with Crippen LogP contribution in [-0.4, -0.2) is 22.2 Å². The van der Waals surface area contributed by atoms with Crippen molar-refractivity contribution in [2.24, 2.45) is 0 Å². The Morgan fingerprint density at radius 1 is 1.08 bits per heavy atom. The van der Waals surface area contributed by atoms with Crippen molar-refractivity contribution in [2.45, 2.75) is 25.8 Å². The Kier molecular flexibility index (Phi) is 6.33. The van der Waals surface area contributed by atoms with E-state index < -0.39 is 0 Å². The van der Waals surface area contributed by atoms with E-state index in [9.17, 15) is 9.59 Å². The SMILES string of the molecule is O=C(CCCn1nc(-c2cccs2)ccc1=O)NCCc1ccccc1. The lowest BCUT2D eigenvalue weighted by molar-refractivity contribution is -0.121. The molecule has 2 aromatic heterocycles. The van der Waals surface area contributed by atoms with Crippen LogP contribution in [0.3, 0.4) is 0 Å². The number of aromatic nitrogens is 2. The first kappa shape index (κ1) is 18.1. The highest BCUT2D eigenvalue weighted by Gasteiger charge is 2.06. The van der Waals surface area contributed by atoms with Crippen molar-refractivity contribution < 1.29 is 4.79 Å². The van der Waals surface area contributed by atoms with Crippen LogP contribution >= 0.6 is 11.3 Å². The molecule has 1 amide bonds. The van der Waals surface area contributed by atoms with Gasteiger partial charge in [0.25, 0.3) is 5.56 Å². The van der Waals surface area contributed by atoms with E-state index in [4.69, 9.17) is 0 Å². The summed E-state index contributed by atoms with van der Waals surface area (Å²) >= 11 is 1.58. The monoisotopic (exact) mass is 367 g/mol. The number of rotatable bonds is 8. The molecular weight excluding hydrogens is 346 g/mol. The highest BCUT2D eigenvalue weighted by Crippen LogP contribution is 2.21. The molecule has 5 nitrogen and oxygen atoms in total. The summed E-state index contributed by atoms with van der Waals surface area (Å²) in [5.41, 5.74) is 1.84. The summed E-state index contributed by atoms with van der Waals surface area (Å²) in [5, 5.41) is 9.30. The predicted octanol–water partition coefficient (Wildman–Crippen LogP) is 3.11. The van der Waals surface area contributed by atoms with Crippen LogP contribution < -0.4 is 10.9 Å². The molecule has 26 heavy (non-hydrogen) atoms. The second kappa shape index (κ2) is 9.10. The summed E-state index contributed by atoms with van der Waals surface area (Å²) in [6.45, 7) is 1.05. The van der Waals surface area contributed by atoms with Gasteiger partial charge in [0.2, 0.25) is 5.91 Å². The Morgan fingerprint density at radius 2 is 1.92 bits per heavy atom. The van der Waals surface area contributed by atoms with Crippen molar-refractivity contribution in [1.29, 1.82) is 0 Å². The first-order valence-corrected chi connectivity index (χ1v) is 9.53. The maximum absolute atomic E-state index is 11.9. The highest BCUT2D eigenvalue weighted by molar-refractivity contribution is 7.13. The van der Waals surface area contributed by atoms with Gasteiger partial charge in [0.05, 0.1) is 4.88 Å². The fraction of sp³-hybridized carbons (Fsp3) is 0.250. The Labute approximate surface area is 156 Å². The number of benzene rings is 1. The Hall–Kier alpha value is -2.73. The van der Waals surface area contributed by atoms with Gasteiger partial charge in [-0.15, -0.1) is 11.3 Å². The fourth-order valence-electron chi connectivity index (χ4n) is 2.63. The van der Waals surface area contributed by atoms with E-state index in [0.717, 1.165) is 17.0 Å². The number of thiophene rings is 1. The van der Waals surface area contributed by atoms with Gasteiger partial charge in [-0.25, -0.2) is 4.68 Å². The van der Waals surface area contributed by atoms with E-state index >= 15 is 0 Å². The van der Waals surface area contributed by atoms with Gasteiger partial charge >= 0.3 is 0 Å². The van der Waals surface area contributed by atoms with E-state index in [1.54, 1.807) is 17.4 Å². The molecule has 0 aliphatic carbocycles. The van der Waals surface area contributed by atoms with Crippen LogP contribution in [0.15, 0.2) is 64.8 Å². The molecule has 0 bridgehead atoms. The minimum atomic E-state index is -0.144. The average molecular weight is 367 g/mol. The van der Waals surface area contributed by atoms with Crippen LogP contribution in [0.4, 0.5) is 0 Å². The molecule has 0 saturated carbocycles. The van der Waals surface area contributed by atoms with Crippen LogP contribution in [-0.2, 0) is 17.8 Å². The van der Waals surface area contributed by atoms with Gasteiger partial charge < -0.3 is 5.32 Å². The molecule has 1 N–H and O–H groups in total. The number of amides is 1. The molecule has 2 heterocycles. The van der Waals surface area contributed by atoms with E-state index in [1.165, 1.54) is 16.3 Å². The Morgan fingerprint density at radius 3 is 2.69 bits per heavy atom. The fourth-order valence-corrected chi connectivity index (χ4v) is 3.32. The second-order valence-electron chi connectivity index (χ2n) is 5.95. The van der Waals surface area contributed by atoms with Crippen molar-refractivity contribution in [3.05, 3.63) is 75.9 Å². The summed E-state index contributed by atoms with van der Waals surface area (Å²) in [4.78, 5) is 24.9. The highest BCUT2D eigenvalue weighted by atomic mass is 32.1. The average Bonchev–Trinajstić information content (AvgIpc) is 3.19. The Balaban J connectivity index is 1.45. The first-order valence-electron chi connectivity index (χ1n) is 8.65. The number of nitrogens with zero attached hydrogens (tertiary/aromatic N) is 2. The van der Waals surface area contributed by atoms with Crippen LogP contribution in [0, 0.1) is 0 Å². The molecule has 0 saturated heterocycles. The van der Waals surface area contributed by atoms with Gasteiger partial charge in [0.15, 0.2) is 0 Å². The van der Waals surface area contributed by atoms with Crippen molar-refractivity contribution in [3.8, 4) is 10.6 Å². The third-order valence-electron chi connectivity index (χ3n) is 3.99. The van der Waals surface area contributed by atoms with Gasteiger partial charge in [-0.3, -0.25) is 9.59 Å². The van der Waals surface area contributed by atoms with Crippen LogP contribution in [0.1, 0.15) is 18.4 Å². The van der Waals surface area contributed by atoms with E-state index in [2.05, 4.69) is 10.4 Å². The van der Waals surface area contributed by atoms with Crippen molar-refractivity contribution in [1.82, 2.24) is 15.1 Å². The second-order valence-corrected chi connectivity index (χ2v) is 6.89. The van der Waals surface area contributed by atoms with Crippen LogP contribution in [0.25, 0.3) is 10.6 Å². The zero-order valence-electron chi connectivity index (χ0n) is 14.4. The molecule has 0 atom stereocenters. The summed E-state index contributed by atoms with van der Waals surface area (Å²) < 4.78 is 1.44. The molecule has 0 radical (unpaired) electrons. The van der Waals surface area contributed by atoms with Gasteiger partial charge in [0.1, 0.15) is 5.69 Å². The molecule has 3 aromatic rings. The molecule has 0 spiro atoms. The number of carbonyl (C=O) groups excluding carboxylic acids is 1. The number of aryl methyl sites for hydroxylation is 1. The Bertz CT molecular complexity index is 889.